The van der Waals surface area contributed by atoms with Crippen molar-refractivity contribution in [3.05, 3.63) is 30.1 Å². The van der Waals surface area contributed by atoms with Gasteiger partial charge >= 0.3 is 0 Å². The van der Waals surface area contributed by atoms with Crippen molar-refractivity contribution in [3.8, 4) is 0 Å². The molecule has 0 saturated carbocycles. The Bertz CT molecular complexity index is 234. The molecule has 0 fully saturated rings. The lowest BCUT2D eigenvalue weighted by Gasteiger charge is -2.22. The topological polar surface area (TPSA) is 42.4 Å². The molecule has 0 aromatic carbocycles. The van der Waals surface area contributed by atoms with E-state index in [0.717, 1.165) is 0 Å². The third kappa shape index (κ3) is 2.03. The normalized spacial score (nSPS) is 15.6. The van der Waals surface area contributed by atoms with Crippen LogP contribution >= 0.6 is 0 Å². The molecular formula is C9H13NO2. The van der Waals surface area contributed by atoms with Gasteiger partial charge in [-0.05, 0) is 19.9 Å². The molecule has 3 heteroatoms. The fourth-order valence-electron chi connectivity index (χ4n) is 1.00. The molecule has 1 N–H and O–H groups in total. The Morgan fingerprint density at radius 2 is 2.42 bits per heavy atom. The lowest BCUT2D eigenvalue weighted by atomic mass is 10.1. The van der Waals surface area contributed by atoms with Crippen LogP contribution in [0.25, 0.3) is 0 Å². The molecule has 12 heavy (non-hydrogen) atoms. The van der Waals surface area contributed by atoms with E-state index < -0.39 is 5.79 Å². The predicted octanol–water partition coefficient (Wildman–Crippen LogP) is 1.28. The molecule has 0 saturated heterocycles. The van der Waals surface area contributed by atoms with Gasteiger partial charge < -0.3 is 9.84 Å². The zero-order chi connectivity index (χ0) is 9.03. The van der Waals surface area contributed by atoms with E-state index in [1.807, 2.05) is 6.92 Å². The monoisotopic (exact) mass is 167 g/mol. The van der Waals surface area contributed by atoms with Crippen LogP contribution in [-0.4, -0.2) is 16.7 Å². The molecule has 0 amide bonds. The predicted molar refractivity (Wildman–Crippen MR) is 45.4 cm³/mol. The Morgan fingerprint density at radius 1 is 1.67 bits per heavy atom. The van der Waals surface area contributed by atoms with E-state index in [2.05, 4.69) is 4.98 Å². The third-order valence-corrected chi connectivity index (χ3v) is 1.62. The molecule has 1 heterocycles. The molecule has 0 aliphatic heterocycles. The average molecular weight is 167 g/mol. The average Bonchev–Trinajstić information content (AvgIpc) is 2.06. The van der Waals surface area contributed by atoms with Gasteiger partial charge in [0.15, 0.2) is 5.79 Å². The molecule has 0 radical (unpaired) electrons. The molecule has 1 rings (SSSR count). The second kappa shape index (κ2) is 3.65. The highest BCUT2D eigenvalue weighted by Crippen LogP contribution is 2.19. The second-order valence-electron chi connectivity index (χ2n) is 2.66. The number of aromatic nitrogens is 1. The molecule has 1 aromatic heterocycles. The van der Waals surface area contributed by atoms with Crippen LogP contribution in [0.15, 0.2) is 24.5 Å². The van der Waals surface area contributed by atoms with Crippen molar-refractivity contribution >= 4 is 0 Å². The van der Waals surface area contributed by atoms with Crippen molar-refractivity contribution in [1.29, 1.82) is 0 Å². The summed E-state index contributed by atoms with van der Waals surface area (Å²) in [6, 6.07) is 3.55. The molecule has 3 nitrogen and oxygen atoms in total. The van der Waals surface area contributed by atoms with E-state index in [1.165, 1.54) is 0 Å². The van der Waals surface area contributed by atoms with Crippen molar-refractivity contribution in [2.24, 2.45) is 0 Å². The summed E-state index contributed by atoms with van der Waals surface area (Å²) in [5, 5.41) is 9.72. The smallest absolute Gasteiger partial charge is 0.190 e. The summed E-state index contributed by atoms with van der Waals surface area (Å²) >= 11 is 0. The van der Waals surface area contributed by atoms with Crippen molar-refractivity contribution in [3.63, 3.8) is 0 Å². The first-order valence-corrected chi connectivity index (χ1v) is 3.93. The summed E-state index contributed by atoms with van der Waals surface area (Å²) in [5.41, 5.74) is 0.673. The van der Waals surface area contributed by atoms with Gasteiger partial charge in [-0.15, -0.1) is 0 Å². The van der Waals surface area contributed by atoms with Gasteiger partial charge in [-0.2, -0.15) is 0 Å². The molecule has 1 atom stereocenters. The largest absolute Gasteiger partial charge is 0.362 e. The molecule has 0 bridgehead atoms. The number of ether oxygens (including phenoxy) is 1. The van der Waals surface area contributed by atoms with Gasteiger partial charge in [-0.3, -0.25) is 4.98 Å². The van der Waals surface area contributed by atoms with Crippen molar-refractivity contribution in [1.82, 2.24) is 4.98 Å². The molecule has 0 aliphatic carbocycles. The van der Waals surface area contributed by atoms with Crippen LogP contribution < -0.4 is 0 Å². The molecular weight excluding hydrogens is 154 g/mol. The Labute approximate surface area is 72.0 Å². The van der Waals surface area contributed by atoms with Crippen LogP contribution in [0.3, 0.4) is 0 Å². The highest BCUT2D eigenvalue weighted by atomic mass is 16.6. The summed E-state index contributed by atoms with van der Waals surface area (Å²) < 4.78 is 5.13. The number of hydrogen-bond donors (Lipinski definition) is 1. The summed E-state index contributed by atoms with van der Waals surface area (Å²) in [4.78, 5) is 3.89. The van der Waals surface area contributed by atoms with Crippen LogP contribution in [0, 0.1) is 0 Å². The maximum atomic E-state index is 9.72. The third-order valence-electron chi connectivity index (χ3n) is 1.62. The van der Waals surface area contributed by atoms with Gasteiger partial charge in [0.1, 0.15) is 0 Å². The number of pyridine rings is 1. The zero-order valence-corrected chi connectivity index (χ0v) is 7.32. The molecule has 1 unspecified atom stereocenters. The summed E-state index contributed by atoms with van der Waals surface area (Å²) in [6.45, 7) is 3.92. The van der Waals surface area contributed by atoms with Gasteiger partial charge in [-0.1, -0.05) is 6.07 Å². The molecule has 1 aromatic rings. The second-order valence-corrected chi connectivity index (χ2v) is 2.66. The number of rotatable bonds is 3. The van der Waals surface area contributed by atoms with E-state index in [4.69, 9.17) is 4.74 Å². The van der Waals surface area contributed by atoms with Crippen LogP contribution in [0.5, 0.6) is 0 Å². The highest BCUT2D eigenvalue weighted by molar-refractivity contribution is 5.13. The number of hydrogen-bond acceptors (Lipinski definition) is 3. The van der Waals surface area contributed by atoms with Crippen LogP contribution in [0.4, 0.5) is 0 Å². The number of aliphatic hydroxyl groups is 1. The van der Waals surface area contributed by atoms with Gasteiger partial charge in [0.05, 0.1) is 0 Å². The summed E-state index contributed by atoms with van der Waals surface area (Å²) in [6.07, 6.45) is 3.25. The Balaban J connectivity index is 2.82. The zero-order valence-electron chi connectivity index (χ0n) is 7.32. The van der Waals surface area contributed by atoms with E-state index in [1.54, 1.807) is 31.5 Å². The Hall–Kier alpha value is -0.930. The maximum absolute atomic E-state index is 9.72. The molecule has 0 aliphatic rings. The van der Waals surface area contributed by atoms with Crippen LogP contribution in [0.1, 0.15) is 19.4 Å². The minimum absolute atomic E-state index is 0.474. The first-order valence-electron chi connectivity index (χ1n) is 3.93. The minimum Gasteiger partial charge on any atom is -0.362 e. The first kappa shape index (κ1) is 9.16. The molecule has 66 valence electrons. The fourth-order valence-corrected chi connectivity index (χ4v) is 1.00. The number of nitrogens with zero attached hydrogens (tertiary/aromatic N) is 1. The van der Waals surface area contributed by atoms with Gasteiger partial charge in [0, 0.05) is 24.6 Å². The van der Waals surface area contributed by atoms with Crippen molar-refractivity contribution < 1.29 is 9.84 Å². The Kier molecular flexibility index (Phi) is 2.78. The van der Waals surface area contributed by atoms with Gasteiger partial charge in [-0.25, -0.2) is 0 Å². The lowest BCUT2D eigenvalue weighted by molar-refractivity contribution is -0.195. The fraction of sp³-hybridized carbons (Fsp3) is 0.444. The standard InChI is InChI=1S/C9H13NO2/c1-3-12-9(2,11)8-5-4-6-10-7-8/h4-7,11H,3H2,1-2H3. The van der Waals surface area contributed by atoms with Crippen LogP contribution in [0.2, 0.25) is 0 Å². The summed E-state index contributed by atoms with van der Waals surface area (Å²) in [5.74, 6) is -1.22. The van der Waals surface area contributed by atoms with E-state index in [0.29, 0.717) is 12.2 Å². The van der Waals surface area contributed by atoms with Gasteiger partial charge in [0.2, 0.25) is 0 Å². The van der Waals surface area contributed by atoms with Gasteiger partial charge in [0.25, 0.3) is 0 Å². The minimum atomic E-state index is -1.22. The van der Waals surface area contributed by atoms with Crippen molar-refractivity contribution in [2.75, 3.05) is 6.61 Å². The van der Waals surface area contributed by atoms with Crippen LogP contribution in [-0.2, 0) is 10.5 Å². The van der Waals surface area contributed by atoms with Crippen molar-refractivity contribution in [2.45, 2.75) is 19.6 Å². The quantitative estimate of drug-likeness (QED) is 0.689. The summed E-state index contributed by atoms with van der Waals surface area (Å²) in [7, 11) is 0. The Morgan fingerprint density at radius 3 is 2.92 bits per heavy atom. The first-order chi connectivity index (χ1) is 5.67. The maximum Gasteiger partial charge on any atom is 0.190 e. The highest BCUT2D eigenvalue weighted by Gasteiger charge is 2.22. The SMILES string of the molecule is CCOC(C)(O)c1cccnc1. The lowest BCUT2D eigenvalue weighted by Crippen LogP contribution is -2.25. The van der Waals surface area contributed by atoms with E-state index >= 15 is 0 Å². The van der Waals surface area contributed by atoms with E-state index in [-0.39, 0.29) is 0 Å². The molecule has 0 spiro atoms. The van der Waals surface area contributed by atoms with E-state index in [9.17, 15) is 5.11 Å².